The monoisotopic (exact) mass is 240 g/mol. The highest BCUT2D eigenvalue weighted by Gasteiger charge is 2.03. The lowest BCUT2D eigenvalue weighted by Crippen LogP contribution is -2.09. The van der Waals surface area contributed by atoms with Gasteiger partial charge in [0.25, 0.3) is 5.56 Å². The lowest BCUT2D eigenvalue weighted by Gasteiger charge is -2.04. The smallest absolute Gasteiger partial charge is 0.272 e. The predicted octanol–water partition coefficient (Wildman–Crippen LogP) is 2.30. The van der Waals surface area contributed by atoms with Crippen molar-refractivity contribution < 1.29 is 4.74 Å². The first-order chi connectivity index (χ1) is 8.78. The van der Waals surface area contributed by atoms with Gasteiger partial charge in [-0.25, -0.2) is 0 Å². The second-order valence-electron chi connectivity index (χ2n) is 4.03. The number of H-pyrrole nitrogens is 1. The van der Waals surface area contributed by atoms with Crippen LogP contribution in [0.2, 0.25) is 0 Å². The van der Waals surface area contributed by atoms with Gasteiger partial charge >= 0.3 is 0 Å². The van der Waals surface area contributed by atoms with Crippen molar-refractivity contribution in [1.82, 2.24) is 9.38 Å². The fourth-order valence-electron chi connectivity index (χ4n) is 1.97. The number of nitrogens with zero attached hydrogens (tertiary/aromatic N) is 1. The maximum absolute atomic E-state index is 11.9. The predicted molar refractivity (Wildman–Crippen MR) is 70.0 cm³/mol. The van der Waals surface area contributed by atoms with Crippen molar-refractivity contribution in [3.63, 3.8) is 0 Å². The number of methoxy groups -OCH3 is 1. The first-order valence-corrected chi connectivity index (χ1v) is 5.62. The van der Waals surface area contributed by atoms with E-state index in [4.69, 9.17) is 4.74 Å². The molecule has 0 aliphatic carbocycles. The summed E-state index contributed by atoms with van der Waals surface area (Å²) in [4.78, 5) is 14.7. The standard InChI is InChI=1S/C14H12N2O2/c1-18-11-6-4-10(5-7-11)12-9-16-8-2-3-13(16)14(17)15-12/h2-9H,1H3,(H,15,17). The van der Waals surface area contributed by atoms with Gasteiger partial charge in [0.1, 0.15) is 11.3 Å². The topological polar surface area (TPSA) is 46.5 Å². The van der Waals surface area contributed by atoms with Crippen LogP contribution < -0.4 is 10.3 Å². The molecule has 0 fully saturated rings. The van der Waals surface area contributed by atoms with Crippen LogP contribution >= 0.6 is 0 Å². The minimum absolute atomic E-state index is 0.0895. The molecule has 18 heavy (non-hydrogen) atoms. The van der Waals surface area contributed by atoms with Crippen molar-refractivity contribution in [1.29, 1.82) is 0 Å². The SMILES string of the molecule is COc1ccc(-c2cn3cccc3c(=O)[nH]2)cc1. The van der Waals surface area contributed by atoms with Crippen molar-refractivity contribution in [2.45, 2.75) is 0 Å². The second-order valence-corrected chi connectivity index (χ2v) is 4.03. The van der Waals surface area contributed by atoms with Gasteiger partial charge in [0.05, 0.1) is 12.8 Å². The highest BCUT2D eigenvalue weighted by molar-refractivity contribution is 5.61. The Labute approximate surface area is 103 Å². The van der Waals surface area contributed by atoms with Gasteiger partial charge in [0.15, 0.2) is 0 Å². The molecular formula is C14H12N2O2. The molecule has 90 valence electrons. The Morgan fingerprint density at radius 3 is 2.67 bits per heavy atom. The Morgan fingerprint density at radius 1 is 1.17 bits per heavy atom. The molecule has 0 bridgehead atoms. The van der Waals surface area contributed by atoms with Gasteiger partial charge in [0.2, 0.25) is 0 Å². The Morgan fingerprint density at radius 2 is 1.94 bits per heavy atom. The lowest BCUT2D eigenvalue weighted by molar-refractivity contribution is 0.415. The Hall–Kier alpha value is -2.49. The molecule has 1 N–H and O–H groups in total. The molecule has 0 unspecified atom stereocenters. The van der Waals surface area contributed by atoms with Crippen molar-refractivity contribution >= 4 is 5.52 Å². The largest absolute Gasteiger partial charge is 0.497 e. The van der Waals surface area contributed by atoms with Crippen molar-refractivity contribution in [3.8, 4) is 17.0 Å². The van der Waals surface area contributed by atoms with E-state index < -0.39 is 0 Å². The molecule has 0 atom stereocenters. The fourth-order valence-corrected chi connectivity index (χ4v) is 1.97. The molecule has 0 aliphatic rings. The number of rotatable bonds is 2. The van der Waals surface area contributed by atoms with Crippen molar-refractivity contribution in [2.24, 2.45) is 0 Å². The van der Waals surface area contributed by atoms with Crippen LogP contribution in [0.1, 0.15) is 0 Å². The van der Waals surface area contributed by atoms with E-state index in [0.29, 0.717) is 5.52 Å². The number of benzene rings is 1. The van der Waals surface area contributed by atoms with Gasteiger partial charge in [-0.2, -0.15) is 0 Å². The van der Waals surface area contributed by atoms with Crippen LogP contribution in [-0.4, -0.2) is 16.5 Å². The maximum Gasteiger partial charge on any atom is 0.272 e. The van der Waals surface area contributed by atoms with Crippen LogP contribution in [0.15, 0.2) is 53.6 Å². The summed E-state index contributed by atoms with van der Waals surface area (Å²) >= 11 is 0. The van der Waals surface area contributed by atoms with Crippen molar-refractivity contribution in [2.75, 3.05) is 7.11 Å². The van der Waals surface area contributed by atoms with Gasteiger partial charge in [-0.3, -0.25) is 4.79 Å². The van der Waals surface area contributed by atoms with Crippen LogP contribution in [0.25, 0.3) is 16.8 Å². The van der Waals surface area contributed by atoms with E-state index in [0.717, 1.165) is 17.0 Å². The zero-order chi connectivity index (χ0) is 12.5. The molecule has 4 heteroatoms. The molecule has 0 spiro atoms. The van der Waals surface area contributed by atoms with Crippen molar-refractivity contribution in [3.05, 3.63) is 59.1 Å². The van der Waals surface area contributed by atoms with Crippen LogP contribution in [-0.2, 0) is 0 Å². The number of aromatic nitrogens is 2. The maximum atomic E-state index is 11.9. The van der Waals surface area contributed by atoms with Gasteiger partial charge in [-0.1, -0.05) is 0 Å². The molecule has 3 aromatic rings. The van der Waals surface area contributed by atoms with E-state index in [9.17, 15) is 4.79 Å². The second kappa shape index (κ2) is 4.07. The van der Waals surface area contributed by atoms with Gasteiger partial charge in [-0.15, -0.1) is 0 Å². The fraction of sp³-hybridized carbons (Fsp3) is 0.0714. The number of nitrogens with one attached hydrogen (secondary N) is 1. The number of hydrogen-bond donors (Lipinski definition) is 1. The minimum Gasteiger partial charge on any atom is -0.497 e. The quantitative estimate of drug-likeness (QED) is 0.747. The molecule has 0 aliphatic heterocycles. The number of hydrogen-bond acceptors (Lipinski definition) is 2. The first-order valence-electron chi connectivity index (χ1n) is 5.62. The first kappa shape index (κ1) is 10.7. The third-order valence-electron chi connectivity index (χ3n) is 2.93. The van der Waals surface area contributed by atoms with E-state index in [1.165, 1.54) is 0 Å². The third-order valence-corrected chi connectivity index (χ3v) is 2.93. The summed E-state index contributed by atoms with van der Waals surface area (Å²) in [6, 6.07) is 11.2. The Kier molecular flexibility index (Phi) is 2.41. The number of aromatic amines is 1. The summed E-state index contributed by atoms with van der Waals surface area (Å²) in [5.41, 5.74) is 2.29. The van der Waals surface area contributed by atoms with Crippen LogP contribution in [0, 0.1) is 0 Å². The molecule has 2 aromatic heterocycles. The summed E-state index contributed by atoms with van der Waals surface area (Å²) in [6.07, 6.45) is 3.76. The molecule has 1 aromatic carbocycles. The van der Waals surface area contributed by atoms with Gasteiger partial charge in [-0.05, 0) is 42.0 Å². The van der Waals surface area contributed by atoms with Gasteiger partial charge in [0, 0.05) is 12.4 Å². The summed E-state index contributed by atoms with van der Waals surface area (Å²) < 4.78 is 6.93. The Bertz CT molecular complexity index is 738. The molecule has 0 amide bonds. The number of ether oxygens (including phenoxy) is 1. The van der Waals surface area contributed by atoms with E-state index >= 15 is 0 Å². The molecular weight excluding hydrogens is 228 g/mol. The number of fused-ring (bicyclic) bond motifs is 1. The summed E-state index contributed by atoms with van der Waals surface area (Å²) in [7, 11) is 1.63. The summed E-state index contributed by atoms with van der Waals surface area (Å²) in [5.74, 6) is 0.795. The highest BCUT2D eigenvalue weighted by atomic mass is 16.5. The average molecular weight is 240 g/mol. The molecule has 0 radical (unpaired) electrons. The molecule has 0 saturated heterocycles. The zero-order valence-corrected chi connectivity index (χ0v) is 9.88. The lowest BCUT2D eigenvalue weighted by atomic mass is 10.1. The summed E-state index contributed by atoms with van der Waals surface area (Å²) in [6.45, 7) is 0. The van der Waals surface area contributed by atoms with Gasteiger partial charge < -0.3 is 14.1 Å². The normalized spacial score (nSPS) is 10.7. The summed E-state index contributed by atoms with van der Waals surface area (Å²) in [5, 5.41) is 0. The van der Waals surface area contributed by atoms with E-state index in [-0.39, 0.29) is 5.56 Å². The van der Waals surface area contributed by atoms with Crippen LogP contribution in [0.4, 0.5) is 0 Å². The minimum atomic E-state index is -0.0895. The zero-order valence-electron chi connectivity index (χ0n) is 9.88. The molecule has 3 rings (SSSR count). The van der Waals surface area contributed by atoms with Crippen LogP contribution in [0.3, 0.4) is 0 Å². The highest BCUT2D eigenvalue weighted by Crippen LogP contribution is 2.19. The van der Waals surface area contributed by atoms with E-state index in [1.54, 1.807) is 13.2 Å². The van der Waals surface area contributed by atoms with E-state index in [2.05, 4.69) is 4.98 Å². The average Bonchev–Trinajstić information content (AvgIpc) is 2.88. The third kappa shape index (κ3) is 1.68. The molecule has 0 saturated carbocycles. The molecule has 4 nitrogen and oxygen atoms in total. The Balaban J connectivity index is 2.15. The van der Waals surface area contributed by atoms with E-state index in [1.807, 2.05) is 47.1 Å². The molecule has 2 heterocycles. The van der Waals surface area contributed by atoms with Crippen LogP contribution in [0.5, 0.6) is 5.75 Å².